The molecule has 1 rings (SSSR count). The first-order chi connectivity index (χ1) is 4.84. The molecule has 0 amide bonds. The lowest BCUT2D eigenvalue weighted by Gasteiger charge is -2.05. The maximum atomic E-state index is 4.05. The third-order valence-corrected chi connectivity index (χ3v) is 1.87. The molecule has 0 bridgehead atoms. The highest BCUT2D eigenvalue weighted by molar-refractivity contribution is 5.12. The minimum atomic E-state index is 0.647. The molecule has 1 aromatic rings. The molecule has 0 N–H and O–H groups in total. The Hall–Kier alpha value is -0.850. The third-order valence-electron chi connectivity index (χ3n) is 1.87. The number of aromatic nitrogens is 1. The summed E-state index contributed by atoms with van der Waals surface area (Å²) in [7, 11) is 0. The summed E-state index contributed by atoms with van der Waals surface area (Å²) in [4.78, 5) is 4.05. The van der Waals surface area contributed by atoms with Crippen molar-refractivity contribution >= 4 is 0 Å². The Bertz CT molecular complexity index is 181. The van der Waals surface area contributed by atoms with Crippen LogP contribution in [0.4, 0.5) is 0 Å². The topological polar surface area (TPSA) is 12.9 Å². The molecule has 0 spiro atoms. The molecule has 0 radical (unpaired) electrons. The molecular formula is C9H13N. The van der Waals surface area contributed by atoms with E-state index in [2.05, 4.69) is 24.9 Å². The van der Waals surface area contributed by atoms with E-state index in [1.807, 2.05) is 18.5 Å². The van der Waals surface area contributed by atoms with E-state index >= 15 is 0 Å². The summed E-state index contributed by atoms with van der Waals surface area (Å²) < 4.78 is 0. The molecule has 0 saturated heterocycles. The molecule has 1 unspecified atom stereocenters. The zero-order chi connectivity index (χ0) is 7.40. The molecule has 1 heterocycles. The number of nitrogens with zero attached hydrogens (tertiary/aromatic N) is 1. The lowest BCUT2D eigenvalue weighted by Crippen LogP contribution is -1.90. The van der Waals surface area contributed by atoms with Gasteiger partial charge in [0.25, 0.3) is 0 Å². The van der Waals surface area contributed by atoms with Crippen LogP contribution in [0, 0.1) is 0 Å². The second kappa shape index (κ2) is 3.35. The average molecular weight is 135 g/mol. The van der Waals surface area contributed by atoms with Gasteiger partial charge in [0.05, 0.1) is 0 Å². The van der Waals surface area contributed by atoms with Crippen LogP contribution in [0.3, 0.4) is 0 Å². The molecule has 1 heteroatoms. The minimum Gasteiger partial charge on any atom is -0.264 e. The van der Waals surface area contributed by atoms with Gasteiger partial charge in [0.15, 0.2) is 0 Å². The largest absolute Gasteiger partial charge is 0.264 e. The fraction of sp³-hybridized carbons (Fsp3) is 0.444. The second-order valence-electron chi connectivity index (χ2n) is 2.60. The van der Waals surface area contributed by atoms with E-state index in [1.165, 1.54) is 12.0 Å². The van der Waals surface area contributed by atoms with Gasteiger partial charge in [-0.25, -0.2) is 0 Å². The van der Waals surface area contributed by atoms with Crippen LogP contribution in [0.2, 0.25) is 0 Å². The molecule has 0 fully saturated rings. The molecule has 10 heavy (non-hydrogen) atoms. The van der Waals surface area contributed by atoms with Crippen molar-refractivity contribution in [2.24, 2.45) is 0 Å². The van der Waals surface area contributed by atoms with Crippen molar-refractivity contribution in [3.8, 4) is 0 Å². The molecular weight excluding hydrogens is 122 g/mol. The van der Waals surface area contributed by atoms with Crippen molar-refractivity contribution in [3.63, 3.8) is 0 Å². The van der Waals surface area contributed by atoms with E-state index in [1.54, 1.807) is 0 Å². The minimum absolute atomic E-state index is 0.647. The molecule has 54 valence electrons. The number of rotatable bonds is 2. The Labute approximate surface area is 62.1 Å². The van der Waals surface area contributed by atoms with Crippen LogP contribution >= 0.6 is 0 Å². The van der Waals surface area contributed by atoms with Crippen molar-refractivity contribution in [1.29, 1.82) is 0 Å². The lowest BCUT2D eigenvalue weighted by atomic mass is 10.0. The molecule has 0 saturated carbocycles. The smallest absolute Gasteiger partial charge is 0.0302 e. The maximum absolute atomic E-state index is 4.05. The van der Waals surface area contributed by atoms with Crippen LogP contribution in [0.5, 0.6) is 0 Å². The first-order valence-corrected chi connectivity index (χ1v) is 3.74. The van der Waals surface area contributed by atoms with Crippen molar-refractivity contribution in [3.05, 3.63) is 30.1 Å². The van der Waals surface area contributed by atoms with Crippen LogP contribution in [-0.2, 0) is 0 Å². The summed E-state index contributed by atoms with van der Waals surface area (Å²) in [6.45, 7) is 4.41. The van der Waals surface area contributed by atoms with Gasteiger partial charge in [0.2, 0.25) is 0 Å². The number of pyridine rings is 1. The highest BCUT2D eigenvalue weighted by Crippen LogP contribution is 2.15. The molecule has 0 aliphatic rings. The Kier molecular flexibility index (Phi) is 2.43. The average Bonchev–Trinajstić information content (AvgIpc) is 2.05. The monoisotopic (exact) mass is 135 g/mol. The van der Waals surface area contributed by atoms with Gasteiger partial charge in [-0.3, -0.25) is 4.98 Å². The van der Waals surface area contributed by atoms with Gasteiger partial charge in [-0.1, -0.05) is 19.9 Å². The number of hydrogen-bond acceptors (Lipinski definition) is 1. The van der Waals surface area contributed by atoms with E-state index in [0.717, 1.165) is 0 Å². The van der Waals surface area contributed by atoms with E-state index in [0.29, 0.717) is 5.92 Å². The zero-order valence-corrected chi connectivity index (χ0v) is 6.54. The first kappa shape index (κ1) is 7.26. The molecule has 0 aliphatic heterocycles. The van der Waals surface area contributed by atoms with Crippen molar-refractivity contribution < 1.29 is 0 Å². The standard InChI is InChI=1S/C9H13N/c1-3-8(2)9-5-4-6-10-7-9/h4-8H,3H2,1-2H3. The van der Waals surface area contributed by atoms with E-state index in [4.69, 9.17) is 0 Å². The fourth-order valence-electron chi connectivity index (χ4n) is 0.903. The predicted octanol–water partition coefficient (Wildman–Crippen LogP) is 2.60. The van der Waals surface area contributed by atoms with E-state index in [9.17, 15) is 0 Å². The second-order valence-corrected chi connectivity index (χ2v) is 2.60. The third kappa shape index (κ3) is 1.56. The van der Waals surface area contributed by atoms with Gasteiger partial charge >= 0.3 is 0 Å². The Morgan fingerprint density at radius 3 is 2.90 bits per heavy atom. The maximum Gasteiger partial charge on any atom is 0.0302 e. The quantitative estimate of drug-likeness (QED) is 0.607. The predicted molar refractivity (Wildman–Crippen MR) is 42.9 cm³/mol. The molecule has 0 aliphatic carbocycles. The highest BCUT2D eigenvalue weighted by Gasteiger charge is 1.99. The molecule has 1 aromatic heterocycles. The van der Waals surface area contributed by atoms with Crippen LogP contribution in [0.25, 0.3) is 0 Å². The van der Waals surface area contributed by atoms with Crippen molar-refractivity contribution in [1.82, 2.24) is 4.98 Å². The van der Waals surface area contributed by atoms with Crippen LogP contribution in [0.1, 0.15) is 31.7 Å². The van der Waals surface area contributed by atoms with Gasteiger partial charge < -0.3 is 0 Å². The van der Waals surface area contributed by atoms with Gasteiger partial charge in [0, 0.05) is 12.4 Å². The molecule has 1 nitrogen and oxygen atoms in total. The van der Waals surface area contributed by atoms with Crippen molar-refractivity contribution in [2.45, 2.75) is 26.2 Å². The van der Waals surface area contributed by atoms with Gasteiger partial charge in [-0.15, -0.1) is 0 Å². The Balaban J connectivity index is 2.75. The van der Waals surface area contributed by atoms with Gasteiger partial charge in [-0.05, 0) is 24.0 Å². The normalized spacial score (nSPS) is 13.0. The summed E-state index contributed by atoms with van der Waals surface area (Å²) in [5, 5.41) is 0. The Morgan fingerprint density at radius 2 is 2.40 bits per heavy atom. The summed E-state index contributed by atoms with van der Waals surface area (Å²) in [5.74, 6) is 0.647. The molecule has 1 atom stereocenters. The van der Waals surface area contributed by atoms with E-state index < -0.39 is 0 Å². The Morgan fingerprint density at radius 1 is 1.60 bits per heavy atom. The zero-order valence-electron chi connectivity index (χ0n) is 6.54. The van der Waals surface area contributed by atoms with E-state index in [-0.39, 0.29) is 0 Å². The van der Waals surface area contributed by atoms with Gasteiger partial charge in [0.1, 0.15) is 0 Å². The summed E-state index contributed by atoms with van der Waals surface area (Å²) >= 11 is 0. The molecule has 0 aromatic carbocycles. The summed E-state index contributed by atoms with van der Waals surface area (Å²) in [6, 6.07) is 4.11. The SMILES string of the molecule is CCC(C)c1cccnc1. The first-order valence-electron chi connectivity index (χ1n) is 3.74. The summed E-state index contributed by atoms with van der Waals surface area (Å²) in [5.41, 5.74) is 1.34. The number of hydrogen-bond donors (Lipinski definition) is 0. The van der Waals surface area contributed by atoms with Crippen LogP contribution in [-0.4, -0.2) is 4.98 Å². The van der Waals surface area contributed by atoms with Crippen molar-refractivity contribution in [2.75, 3.05) is 0 Å². The van der Waals surface area contributed by atoms with Gasteiger partial charge in [-0.2, -0.15) is 0 Å². The fourth-order valence-corrected chi connectivity index (χ4v) is 0.903. The highest BCUT2D eigenvalue weighted by atomic mass is 14.6. The lowest BCUT2D eigenvalue weighted by molar-refractivity contribution is 0.729. The van der Waals surface area contributed by atoms with Crippen LogP contribution < -0.4 is 0 Å². The summed E-state index contributed by atoms with van der Waals surface area (Å²) in [6.07, 6.45) is 4.94. The van der Waals surface area contributed by atoms with Crippen LogP contribution in [0.15, 0.2) is 24.5 Å².